The number of esters is 1. The normalized spacial score (nSPS) is 13.6. The number of para-hydroxylation sites is 2. The fraction of sp³-hybridized carbons (Fsp3) is 0.280. The number of nitrogens with zero attached hydrogens (tertiary/aromatic N) is 2. The number of phenolic OH excluding ortho intramolecular Hbond substituents is 1. The zero-order chi connectivity index (χ0) is 23.2. The van der Waals surface area contributed by atoms with Crippen LogP contribution in [0.4, 0.5) is 10.7 Å². The Morgan fingerprint density at radius 2 is 1.79 bits per heavy atom. The van der Waals surface area contributed by atoms with E-state index in [1.807, 2.05) is 42.5 Å². The number of carbonyl (C=O) groups is 1. The first-order valence-corrected chi connectivity index (χ1v) is 12.2. The molecule has 1 aliphatic rings. The van der Waals surface area contributed by atoms with Gasteiger partial charge in [0.15, 0.2) is 5.11 Å². The van der Waals surface area contributed by atoms with Crippen LogP contribution < -0.4 is 10.2 Å². The lowest BCUT2D eigenvalue weighted by atomic mass is 10.1. The van der Waals surface area contributed by atoms with Crippen LogP contribution in [0.15, 0.2) is 60.7 Å². The fourth-order valence-corrected chi connectivity index (χ4v) is 5.26. The number of thiocarbonyl (C=S) groups is 1. The molecule has 172 valence electrons. The highest BCUT2D eigenvalue weighted by atomic mass is 32.1. The Balaban J connectivity index is 1.44. The molecular weight excluding hydrogens is 454 g/mol. The van der Waals surface area contributed by atoms with Crippen LogP contribution in [-0.2, 0) is 11.2 Å². The fourth-order valence-electron chi connectivity index (χ4n) is 3.84. The molecule has 4 rings (SSSR count). The van der Waals surface area contributed by atoms with Gasteiger partial charge in [0.25, 0.3) is 0 Å². The van der Waals surface area contributed by atoms with Crippen molar-refractivity contribution >= 4 is 45.3 Å². The summed E-state index contributed by atoms with van der Waals surface area (Å²) in [5, 5.41) is 14.7. The van der Waals surface area contributed by atoms with Gasteiger partial charge in [-0.25, -0.2) is 4.79 Å². The number of benzene rings is 2. The highest BCUT2D eigenvalue weighted by Gasteiger charge is 2.23. The molecule has 2 aromatic carbocycles. The lowest BCUT2D eigenvalue weighted by Gasteiger charge is -2.37. The van der Waals surface area contributed by atoms with Gasteiger partial charge in [-0.15, -0.1) is 11.3 Å². The first-order chi connectivity index (χ1) is 16.0. The second kappa shape index (κ2) is 10.7. The molecule has 1 aromatic heterocycles. The van der Waals surface area contributed by atoms with Gasteiger partial charge in [0.1, 0.15) is 10.8 Å². The topological polar surface area (TPSA) is 65.0 Å². The van der Waals surface area contributed by atoms with E-state index in [1.165, 1.54) is 16.9 Å². The smallest absolute Gasteiger partial charge is 0.341 e. The molecule has 0 saturated carbocycles. The van der Waals surface area contributed by atoms with Crippen LogP contribution in [0.3, 0.4) is 0 Å². The van der Waals surface area contributed by atoms with Crippen molar-refractivity contribution in [3.63, 3.8) is 0 Å². The Morgan fingerprint density at radius 3 is 2.48 bits per heavy atom. The average Bonchev–Trinajstić information content (AvgIpc) is 3.22. The van der Waals surface area contributed by atoms with Crippen LogP contribution in [0.2, 0.25) is 0 Å². The molecule has 0 amide bonds. The summed E-state index contributed by atoms with van der Waals surface area (Å²) in [5.74, 6) is -0.0574. The summed E-state index contributed by atoms with van der Waals surface area (Å²) in [6.45, 7) is 5.05. The van der Waals surface area contributed by atoms with Gasteiger partial charge in [-0.05, 0) is 42.9 Å². The molecule has 0 bridgehead atoms. The number of hydrogen-bond acceptors (Lipinski definition) is 6. The van der Waals surface area contributed by atoms with Gasteiger partial charge in [-0.2, -0.15) is 0 Å². The van der Waals surface area contributed by atoms with Gasteiger partial charge in [-0.3, -0.25) is 0 Å². The summed E-state index contributed by atoms with van der Waals surface area (Å²) in [6, 6.07) is 19.4. The number of hydrogen-bond donors (Lipinski definition) is 2. The third kappa shape index (κ3) is 5.64. The van der Waals surface area contributed by atoms with E-state index < -0.39 is 0 Å². The molecular formula is C25H27N3O3S2. The summed E-state index contributed by atoms with van der Waals surface area (Å²) in [6.07, 6.45) is 0.742. The summed E-state index contributed by atoms with van der Waals surface area (Å²) in [5.41, 5.74) is 2.54. The number of rotatable bonds is 6. The van der Waals surface area contributed by atoms with Gasteiger partial charge in [0.05, 0.1) is 17.9 Å². The van der Waals surface area contributed by atoms with Gasteiger partial charge in [0.2, 0.25) is 0 Å². The van der Waals surface area contributed by atoms with E-state index in [2.05, 4.69) is 27.2 Å². The Hall–Kier alpha value is -3.10. The lowest BCUT2D eigenvalue weighted by Crippen LogP contribution is -2.50. The Bertz CT molecular complexity index is 1110. The molecule has 8 heteroatoms. The molecule has 1 fully saturated rings. The molecule has 3 aromatic rings. The predicted octanol–water partition coefficient (Wildman–Crippen LogP) is 4.74. The van der Waals surface area contributed by atoms with Gasteiger partial charge >= 0.3 is 5.97 Å². The van der Waals surface area contributed by atoms with Crippen molar-refractivity contribution in [2.45, 2.75) is 13.3 Å². The summed E-state index contributed by atoms with van der Waals surface area (Å²) in [7, 11) is 0. The van der Waals surface area contributed by atoms with Crippen molar-refractivity contribution in [2.24, 2.45) is 0 Å². The van der Waals surface area contributed by atoms with Crippen molar-refractivity contribution in [3.8, 4) is 5.75 Å². The largest absolute Gasteiger partial charge is 0.506 e. The van der Waals surface area contributed by atoms with E-state index in [0.717, 1.165) is 43.2 Å². The number of nitrogens with one attached hydrogen (secondary N) is 1. The molecule has 1 aliphatic heterocycles. The van der Waals surface area contributed by atoms with Gasteiger partial charge in [0, 0.05) is 37.5 Å². The summed E-state index contributed by atoms with van der Waals surface area (Å²) >= 11 is 7.22. The molecule has 33 heavy (non-hydrogen) atoms. The third-order valence-corrected chi connectivity index (χ3v) is 6.92. The SMILES string of the molecule is CCOC(=O)c1cc(Cc2ccccc2)sc1NC(=S)N1CCN(c2ccccc2O)CC1. The van der Waals surface area contributed by atoms with E-state index in [0.29, 0.717) is 22.3 Å². The zero-order valence-corrected chi connectivity index (χ0v) is 20.1. The lowest BCUT2D eigenvalue weighted by molar-refractivity contribution is 0.0528. The molecule has 0 unspecified atom stereocenters. The van der Waals surface area contributed by atoms with Crippen LogP contribution in [0.25, 0.3) is 0 Å². The van der Waals surface area contributed by atoms with E-state index in [9.17, 15) is 9.90 Å². The molecule has 0 aliphatic carbocycles. The molecule has 2 N–H and O–H groups in total. The van der Waals surface area contributed by atoms with Crippen molar-refractivity contribution in [1.82, 2.24) is 4.90 Å². The summed E-state index contributed by atoms with van der Waals surface area (Å²) in [4.78, 5) is 17.9. The van der Waals surface area contributed by atoms with E-state index in [-0.39, 0.29) is 11.7 Å². The first-order valence-electron chi connectivity index (χ1n) is 11.0. The maximum Gasteiger partial charge on any atom is 0.341 e. The van der Waals surface area contributed by atoms with E-state index in [1.54, 1.807) is 13.0 Å². The number of aromatic hydroxyl groups is 1. The number of anilines is 2. The zero-order valence-electron chi connectivity index (χ0n) is 18.5. The van der Waals surface area contributed by atoms with Crippen molar-refractivity contribution < 1.29 is 14.6 Å². The number of thiophene rings is 1. The van der Waals surface area contributed by atoms with Crippen LogP contribution in [0.5, 0.6) is 5.75 Å². The molecule has 2 heterocycles. The molecule has 1 saturated heterocycles. The summed E-state index contributed by atoms with van der Waals surface area (Å²) < 4.78 is 5.27. The van der Waals surface area contributed by atoms with E-state index >= 15 is 0 Å². The Morgan fingerprint density at radius 1 is 1.09 bits per heavy atom. The molecule has 0 radical (unpaired) electrons. The second-order valence-electron chi connectivity index (χ2n) is 7.73. The molecule has 0 atom stereocenters. The van der Waals surface area contributed by atoms with Crippen molar-refractivity contribution in [3.05, 3.63) is 76.7 Å². The molecule has 6 nitrogen and oxygen atoms in total. The average molecular weight is 482 g/mol. The minimum Gasteiger partial charge on any atom is -0.506 e. The minimum absolute atomic E-state index is 0.287. The Labute approximate surface area is 203 Å². The Kier molecular flexibility index (Phi) is 7.47. The quantitative estimate of drug-likeness (QED) is 0.389. The standard InChI is InChI=1S/C25H27N3O3S2/c1-2-31-24(30)20-17-19(16-18-8-4-3-5-9-18)33-23(20)26-25(32)28-14-12-27(13-15-28)21-10-6-7-11-22(21)29/h3-11,17,29H,2,12-16H2,1H3,(H,26,32). The minimum atomic E-state index is -0.345. The maximum absolute atomic E-state index is 12.6. The van der Waals surface area contributed by atoms with Crippen LogP contribution in [-0.4, -0.2) is 53.9 Å². The van der Waals surface area contributed by atoms with Gasteiger partial charge < -0.3 is 25.0 Å². The van der Waals surface area contributed by atoms with Crippen LogP contribution in [0, 0.1) is 0 Å². The number of phenols is 1. The maximum atomic E-state index is 12.6. The number of carbonyl (C=O) groups excluding carboxylic acids is 1. The second-order valence-corrected chi connectivity index (χ2v) is 9.25. The van der Waals surface area contributed by atoms with E-state index in [4.69, 9.17) is 17.0 Å². The van der Waals surface area contributed by atoms with Crippen LogP contribution in [0.1, 0.15) is 27.7 Å². The van der Waals surface area contributed by atoms with Crippen molar-refractivity contribution in [2.75, 3.05) is 43.0 Å². The number of piperazine rings is 1. The van der Waals surface area contributed by atoms with Gasteiger partial charge in [-0.1, -0.05) is 42.5 Å². The monoisotopic (exact) mass is 481 g/mol. The van der Waals surface area contributed by atoms with Crippen LogP contribution >= 0.6 is 23.6 Å². The van der Waals surface area contributed by atoms with Crippen molar-refractivity contribution in [1.29, 1.82) is 0 Å². The predicted molar refractivity (Wildman–Crippen MR) is 138 cm³/mol. The first kappa shape index (κ1) is 23.1. The molecule has 0 spiro atoms. The third-order valence-electron chi connectivity index (χ3n) is 5.51. The number of ether oxygens (including phenoxy) is 1. The highest BCUT2D eigenvalue weighted by molar-refractivity contribution is 7.80. The highest BCUT2D eigenvalue weighted by Crippen LogP contribution is 2.32.